The van der Waals surface area contributed by atoms with E-state index in [2.05, 4.69) is 34.3 Å². The second kappa shape index (κ2) is 5.06. The van der Waals surface area contributed by atoms with Crippen molar-refractivity contribution in [2.45, 2.75) is 26.8 Å². The van der Waals surface area contributed by atoms with Crippen LogP contribution in [-0.4, -0.2) is 46.1 Å². The second-order valence-corrected chi connectivity index (χ2v) is 5.33. The fourth-order valence-electron chi connectivity index (χ4n) is 2.62. The van der Waals surface area contributed by atoms with Gasteiger partial charge in [0.1, 0.15) is 12.2 Å². The van der Waals surface area contributed by atoms with Gasteiger partial charge in [-0.25, -0.2) is 4.98 Å². The van der Waals surface area contributed by atoms with Gasteiger partial charge in [0.05, 0.1) is 12.0 Å². The summed E-state index contributed by atoms with van der Waals surface area (Å²) >= 11 is 0. The Hall–Kier alpha value is -1.43. The zero-order valence-corrected chi connectivity index (χ0v) is 11.2. The standard InChI is InChI=1S/C12H21N5O/c1-9(2)12(4-5-13-7-12)11(18)17(3)6-10-14-8-15-16-10/h8-9,13H,4-7H2,1-3H3,(H,14,15,16). The maximum Gasteiger partial charge on any atom is 0.230 e. The van der Waals surface area contributed by atoms with Gasteiger partial charge in [-0.15, -0.1) is 0 Å². The minimum Gasteiger partial charge on any atom is -0.338 e. The van der Waals surface area contributed by atoms with Gasteiger partial charge in [-0.1, -0.05) is 13.8 Å². The average molecular weight is 251 g/mol. The summed E-state index contributed by atoms with van der Waals surface area (Å²) in [4.78, 5) is 18.5. The molecular formula is C12H21N5O. The van der Waals surface area contributed by atoms with E-state index in [1.54, 1.807) is 4.90 Å². The molecule has 2 N–H and O–H groups in total. The Kier molecular flexibility index (Phi) is 3.65. The molecule has 6 heteroatoms. The molecular weight excluding hydrogens is 230 g/mol. The number of rotatable bonds is 4. The summed E-state index contributed by atoms with van der Waals surface area (Å²) in [6.45, 7) is 6.40. The fraction of sp³-hybridized carbons (Fsp3) is 0.750. The molecule has 0 aromatic carbocycles. The first-order valence-electron chi connectivity index (χ1n) is 6.37. The second-order valence-electron chi connectivity index (χ2n) is 5.33. The lowest BCUT2D eigenvalue weighted by Crippen LogP contribution is -2.46. The van der Waals surface area contributed by atoms with E-state index < -0.39 is 0 Å². The lowest BCUT2D eigenvalue weighted by molar-refractivity contribution is -0.143. The predicted octanol–water partition coefficient (Wildman–Crippen LogP) is 0.399. The average Bonchev–Trinajstić information content (AvgIpc) is 2.98. The first kappa shape index (κ1) is 13.0. The van der Waals surface area contributed by atoms with E-state index in [0.29, 0.717) is 12.5 Å². The third-order valence-electron chi connectivity index (χ3n) is 3.92. The molecule has 1 fully saturated rings. The topological polar surface area (TPSA) is 73.9 Å². The largest absolute Gasteiger partial charge is 0.338 e. The molecule has 0 radical (unpaired) electrons. The third-order valence-corrected chi connectivity index (χ3v) is 3.92. The van der Waals surface area contributed by atoms with Crippen LogP contribution in [-0.2, 0) is 11.3 Å². The van der Waals surface area contributed by atoms with Crippen LogP contribution in [0.25, 0.3) is 0 Å². The molecule has 2 heterocycles. The summed E-state index contributed by atoms with van der Waals surface area (Å²) in [5.41, 5.74) is -0.269. The molecule has 0 bridgehead atoms. The van der Waals surface area contributed by atoms with E-state index >= 15 is 0 Å². The lowest BCUT2D eigenvalue weighted by atomic mass is 9.75. The van der Waals surface area contributed by atoms with E-state index in [9.17, 15) is 4.79 Å². The molecule has 1 aromatic rings. The molecule has 1 aliphatic rings. The molecule has 1 aliphatic heterocycles. The van der Waals surface area contributed by atoms with Crippen LogP contribution in [0.4, 0.5) is 0 Å². The Balaban J connectivity index is 2.09. The van der Waals surface area contributed by atoms with Gasteiger partial charge >= 0.3 is 0 Å². The highest BCUT2D eigenvalue weighted by Crippen LogP contribution is 2.36. The van der Waals surface area contributed by atoms with E-state index in [1.165, 1.54) is 6.33 Å². The number of aromatic nitrogens is 3. The number of carbonyl (C=O) groups excluding carboxylic acids is 1. The van der Waals surface area contributed by atoms with Gasteiger partial charge < -0.3 is 10.2 Å². The molecule has 0 aliphatic carbocycles. The number of hydrogen-bond acceptors (Lipinski definition) is 4. The van der Waals surface area contributed by atoms with Crippen molar-refractivity contribution >= 4 is 5.91 Å². The molecule has 1 amide bonds. The minimum atomic E-state index is -0.269. The summed E-state index contributed by atoms with van der Waals surface area (Å²) in [5, 5.41) is 9.89. The van der Waals surface area contributed by atoms with E-state index in [-0.39, 0.29) is 11.3 Å². The predicted molar refractivity (Wildman–Crippen MR) is 67.6 cm³/mol. The Morgan fingerprint density at radius 1 is 1.61 bits per heavy atom. The Bertz CT molecular complexity index is 395. The highest BCUT2D eigenvalue weighted by Gasteiger charge is 2.45. The summed E-state index contributed by atoms with van der Waals surface area (Å²) in [6.07, 6.45) is 2.37. The summed E-state index contributed by atoms with van der Waals surface area (Å²) < 4.78 is 0. The summed E-state index contributed by atoms with van der Waals surface area (Å²) in [7, 11) is 1.83. The highest BCUT2D eigenvalue weighted by atomic mass is 16.2. The van der Waals surface area contributed by atoms with Crippen molar-refractivity contribution in [3.8, 4) is 0 Å². The van der Waals surface area contributed by atoms with E-state index in [1.807, 2.05) is 7.05 Å². The van der Waals surface area contributed by atoms with Crippen molar-refractivity contribution in [3.05, 3.63) is 12.2 Å². The van der Waals surface area contributed by atoms with Crippen molar-refractivity contribution < 1.29 is 4.79 Å². The van der Waals surface area contributed by atoms with Crippen molar-refractivity contribution in [2.24, 2.45) is 11.3 Å². The Morgan fingerprint density at radius 2 is 2.39 bits per heavy atom. The van der Waals surface area contributed by atoms with Gasteiger partial charge in [0.15, 0.2) is 0 Å². The van der Waals surface area contributed by atoms with Crippen LogP contribution in [0.15, 0.2) is 6.33 Å². The lowest BCUT2D eigenvalue weighted by Gasteiger charge is -2.34. The molecule has 6 nitrogen and oxygen atoms in total. The summed E-state index contributed by atoms with van der Waals surface area (Å²) in [6, 6.07) is 0. The highest BCUT2D eigenvalue weighted by molar-refractivity contribution is 5.83. The fourth-order valence-corrected chi connectivity index (χ4v) is 2.62. The molecule has 0 spiro atoms. The zero-order chi connectivity index (χ0) is 13.2. The molecule has 1 aromatic heterocycles. The van der Waals surface area contributed by atoms with E-state index in [0.717, 1.165) is 25.3 Å². The third kappa shape index (κ3) is 2.25. The van der Waals surface area contributed by atoms with Gasteiger partial charge in [-0.2, -0.15) is 5.10 Å². The van der Waals surface area contributed by atoms with Gasteiger partial charge in [0, 0.05) is 13.6 Å². The Labute approximate surface area is 107 Å². The van der Waals surface area contributed by atoms with Crippen LogP contribution >= 0.6 is 0 Å². The number of aromatic amines is 1. The van der Waals surface area contributed by atoms with Crippen molar-refractivity contribution in [1.29, 1.82) is 0 Å². The first-order chi connectivity index (χ1) is 8.56. The molecule has 2 rings (SSSR count). The number of hydrogen-bond donors (Lipinski definition) is 2. The van der Waals surface area contributed by atoms with Crippen LogP contribution in [0.3, 0.4) is 0 Å². The maximum atomic E-state index is 12.7. The van der Waals surface area contributed by atoms with E-state index in [4.69, 9.17) is 0 Å². The van der Waals surface area contributed by atoms with Crippen LogP contribution in [0.2, 0.25) is 0 Å². The molecule has 1 unspecified atom stereocenters. The number of nitrogens with one attached hydrogen (secondary N) is 2. The first-order valence-corrected chi connectivity index (χ1v) is 6.37. The SMILES string of the molecule is CC(C)C1(C(=O)N(C)Cc2ncn[nH]2)CCNC1. The molecule has 0 saturated carbocycles. The Morgan fingerprint density at radius 3 is 2.89 bits per heavy atom. The van der Waals surface area contributed by atoms with Crippen LogP contribution in [0, 0.1) is 11.3 Å². The van der Waals surface area contributed by atoms with Crippen LogP contribution in [0.5, 0.6) is 0 Å². The molecule has 18 heavy (non-hydrogen) atoms. The number of carbonyl (C=O) groups is 1. The summed E-state index contributed by atoms with van der Waals surface area (Å²) in [5.74, 6) is 1.24. The number of H-pyrrole nitrogens is 1. The molecule has 100 valence electrons. The minimum absolute atomic E-state index is 0.193. The van der Waals surface area contributed by atoms with Crippen LogP contribution < -0.4 is 5.32 Å². The van der Waals surface area contributed by atoms with Gasteiger partial charge in [0.2, 0.25) is 5.91 Å². The number of nitrogens with zero attached hydrogens (tertiary/aromatic N) is 3. The van der Waals surface area contributed by atoms with Gasteiger partial charge in [-0.05, 0) is 18.9 Å². The van der Waals surface area contributed by atoms with Crippen molar-refractivity contribution in [2.75, 3.05) is 20.1 Å². The normalized spacial score (nSPS) is 23.6. The van der Waals surface area contributed by atoms with Crippen LogP contribution in [0.1, 0.15) is 26.1 Å². The molecule has 1 atom stereocenters. The zero-order valence-electron chi connectivity index (χ0n) is 11.2. The monoisotopic (exact) mass is 251 g/mol. The molecule has 1 saturated heterocycles. The van der Waals surface area contributed by atoms with Crippen molar-refractivity contribution in [1.82, 2.24) is 25.4 Å². The maximum absolute atomic E-state index is 12.7. The smallest absolute Gasteiger partial charge is 0.230 e. The number of amides is 1. The quantitative estimate of drug-likeness (QED) is 0.812. The van der Waals surface area contributed by atoms with Gasteiger partial charge in [-0.3, -0.25) is 9.89 Å². The van der Waals surface area contributed by atoms with Crippen molar-refractivity contribution in [3.63, 3.8) is 0 Å². The van der Waals surface area contributed by atoms with Gasteiger partial charge in [0.25, 0.3) is 0 Å².